The standard InChI is InChI=1S/C17H32N8O7S/c1-7(26)12(16(31)32)25-14(29)9(3-2-4-22-17(20)21)23-15(30)10(6-33)24-13(28)8(18)5-11(19)27/h7-10,12,26,33H,2-6,18H2,1H3,(H2,19,27)(H,23,30)(H,24,28)(H,25,29)(H,31,32)(H4,20,21,22). The summed E-state index contributed by atoms with van der Waals surface area (Å²) >= 11 is 3.99. The normalized spacial score (nSPS) is 15.2. The molecule has 0 aliphatic rings. The number of hydrogen-bond acceptors (Lipinski definition) is 9. The van der Waals surface area contributed by atoms with E-state index in [-0.39, 0.29) is 31.1 Å². The summed E-state index contributed by atoms with van der Waals surface area (Å²) in [4.78, 5) is 63.3. The zero-order chi connectivity index (χ0) is 25.7. The fourth-order valence-electron chi connectivity index (χ4n) is 2.47. The zero-order valence-corrected chi connectivity index (χ0v) is 19.0. The number of aliphatic carboxylic acids is 1. The van der Waals surface area contributed by atoms with Crippen LogP contribution in [-0.4, -0.2) is 88.3 Å². The summed E-state index contributed by atoms with van der Waals surface area (Å²) in [5.41, 5.74) is 21.0. The van der Waals surface area contributed by atoms with Gasteiger partial charge in [0.2, 0.25) is 23.6 Å². The van der Waals surface area contributed by atoms with E-state index in [9.17, 15) is 29.1 Å². The Kier molecular flexibility index (Phi) is 13.5. The molecule has 0 heterocycles. The number of primary amides is 1. The van der Waals surface area contributed by atoms with Crippen LogP contribution in [0.25, 0.3) is 0 Å². The molecule has 15 nitrogen and oxygen atoms in total. The third kappa shape index (κ3) is 11.9. The number of carbonyl (C=O) groups is 5. The third-order valence-electron chi connectivity index (χ3n) is 4.20. The molecule has 5 unspecified atom stereocenters. The minimum Gasteiger partial charge on any atom is -0.480 e. The van der Waals surface area contributed by atoms with Gasteiger partial charge in [-0.25, -0.2) is 4.79 Å². The SMILES string of the molecule is CC(O)C(NC(=O)C(CCCN=C(N)N)NC(=O)C(CS)NC(=O)C(N)CC(N)=O)C(=O)O. The van der Waals surface area contributed by atoms with Crippen LogP contribution in [0.3, 0.4) is 0 Å². The lowest BCUT2D eigenvalue weighted by Gasteiger charge is -2.25. The monoisotopic (exact) mass is 492 g/mol. The molecule has 0 aliphatic carbocycles. The fraction of sp³-hybridized carbons (Fsp3) is 0.647. The number of carboxylic acids is 1. The molecule has 0 spiro atoms. The molecule has 33 heavy (non-hydrogen) atoms. The van der Waals surface area contributed by atoms with E-state index in [1.807, 2.05) is 0 Å². The van der Waals surface area contributed by atoms with Crippen molar-refractivity contribution in [2.24, 2.45) is 27.9 Å². The molecule has 0 aromatic heterocycles. The number of aliphatic hydroxyl groups is 1. The van der Waals surface area contributed by atoms with Crippen LogP contribution in [0, 0.1) is 0 Å². The maximum Gasteiger partial charge on any atom is 0.328 e. The van der Waals surface area contributed by atoms with Gasteiger partial charge in [-0.15, -0.1) is 0 Å². The van der Waals surface area contributed by atoms with Crippen LogP contribution >= 0.6 is 12.6 Å². The van der Waals surface area contributed by atoms with Crippen LogP contribution in [-0.2, 0) is 24.0 Å². The average molecular weight is 493 g/mol. The Morgan fingerprint density at radius 2 is 1.52 bits per heavy atom. The van der Waals surface area contributed by atoms with Gasteiger partial charge in [0, 0.05) is 12.3 Å². The first-order valence-electron chi connectivity index (χ1n) is 9.82. The summed E-state index contributed by atoms with van der Waals surface area (Å²) in [7, 11) is 0. The second kappa shape index (κ2) is 14.9. The fourth-order valence-corrected chi connectivity index (χ4v) is 2.73. The molecule has 5 atom stereocenters. The molecule has 16 heteroatoms. The van der Waals surface area contributed by atoms with Crippen LogP contribution in [0.1, 0.15) is 26.2 Å². The molecule has 0 rings (SSSR count). The van der Waals surface area contributed by atoms with Crippen molar-refractivity contribution in [1.29, 1.82) is 0 Å². The van der Waals surface area contributed by atoms with E-state index in [2.05, 4.69) is 33.6 Å². The molecule has 0 radical (unpaired) electrons. The molecule has 0 bridgehead atoms. The third-order valence-corrected chi connectivity index (χ3v) is 4.56. The maximum atomic E-state index is 12.6. The molecular formula is C17H32N8O7S. The second-order valence-corrected chi connectivity index (χ2v) is 7.46. The number of carbonyl (C=O) groups excluding carboxylic acids is 4. The number of nitrogens with two attached hydrogens (primary N) is 4. The average Bonchev–Trinajstić information content (AvgIpc) is 2.70. The van der Waals surface area contributed by atoms with E-state index in [4.69, 9.17) is 28.0 Å². The number of thiol groups is 1. The number of amides is 4. The van der Waals surface area contributed by atoms with Crippen LogP contribution in [0.15, 0.2) is 4.99 Å². The van der Waals surface area contributed by atoms with Gasteiger partial charge >= 0.3 is 5.97 Å². The highest BCUT2D eigenvalue weighted by Gasteiger charge is 2.31. The lowest BCUT2D eigenvalue weighted by Crippen LogP contribution is -2.58. The topological polar surface area (TPSA) is 278 Å². The molecule has 0 aliphatic heterocycles. The quantitative estimate of drug-likeness (QED) is 0.0450. The number of hydrogen-bond donors (Lipinski definition) is 10. The van der Waals surface area contributed by atoms with Crippen LogP contribution < -0.4 is 38.9 Å². The molecule has 0 saturated heterocycles. The number of guanidine groups is 1. The zero-order valence-electron chi connectivity index (χ0n) is 18.1. The Hall–Kier alpha value is -3.11. The number of rotatable bonds is 15. The summed E-state index contributed by atoms with van der Waals surface area (Å²) in [5.74, 6) is -5.20. The molecular weight excluding hydrogens is 460 g/mol. The maximum absolute atomic E-state index is 12.6. The van der Waals surface area contributed by atoms with E-state index in [1.54, 1.807) is 0 Å². The van der Waals surface area contributed by atoms with Gasteiger partial charge in [0.1, 0.15) is 12.1 Å². The minimum atomic E-state index is -1.62. The Bertz CT molecular complexity index is 745. The molecule has 0 fully saturated rings. The number of nitrogens with zero attached hydrogens (tertiary/aromatic N) is 1. The van der Waals surface area contributed by atoms with E-state index >= 15 is 0 Å². The Morgan fingerprint density at radius 3 is 1.97 bits per heavy atom. The lowest BCUT2D eigenvalue weighted by molar-refractivity contribution is -0.145. The molecule has 0 saturated carbocycles. The molecule has 13 N–H and O–H groups in total. The number of aliphatic imine (C=N–C) groups is 1. The van der Waals surface area contributed by atoms with E-state index < -0.39 is 66.3 Å². The number of carboxylic acid groups (broad SMARTS) is 1. The number of aliphatic hydroxyl groups excluding tert-OH is 1. The molecule has 4 amide bonds. The van der Waals surface area contributed by atoms with Gasteiger partial charge in [0.25, 0.3) is 0 Å². The first-order valence-corrected chi connectivity index (χ1v) is 10.5. The largest absolute Gasteiger partial charge is 0.480 e. The predicted molar refractivity (Wildman–Crippen MR) is 121 cm³/mol. The van der Waals surface area contributed by atoms with Crippen molar-refractivity contribution in [2.45, 2.75) is 56.5 Å². The summed E-state index contributed by atoms with van der Waals surface area (Å²) in [6.45, 7) is 1.29. The van der Waals surface area contributed by atoms with Crippen molar-refractivity contribution < 1.29 is 34.2 Å². The van der Waals surface area contributed by atoms with Crippen LogP contribution in [0.5, 0.6) is 0 Å². The molecule has 0 aromatic rings. The smallest absolute Gasteiger partial charge is 0.328 e. The molecule has 188 valence electrons. The van der Waals surface area contributed by atoms with Gasteiger partial charge < -0.3 is 49.1 Å². The van der Waals surface area contributed by atoms with E-state index in [1.165, 1.54) is 6.92 Å². The van der Waals surface area contributed by atoms with Crippen molar-refractivity contribution in [1.82, 2.24) is 16.0 Å². The predicted octanol–water partition coefficient (Wildman–Crippen LogP) is -4.91. The highest BCUT2D eigenvalue weighted by atomic mass is 32.1. The Balaban J connectivity index is 5.39. The number of nitrogens with one attached hydrogen (secondary N) is 3. The first-order chi connectivity index (χ1) is 15.3. The summed E-state index contributed by atoms with van der Waals surface area (Å²) in [6, 6.07) is -5.41. The lowest BCUT2D eigenvalue weighted by atomic mass is 10.1. The Morgan fingerprint density at radius 1 is 0.970 bits per heavy atom. The highest BCUT2D eigenvalue weighted by molar-refractivity contribution is 7.80. The van der Waals surface area contributed by atoms with Gasteiger partial charge in [-0.05, 0) is 19.8 Å². The van der Waals surface area contributed by atoms with Crippen molar-refractivity contribution >= 4 is 48.2 Å². The second-order valence-electron chi connectivity index (χ2n) is 7.10. The first kappa shape index (κ1) is 29.9. The Labute approximate surface area is 195 Å². The minimum absolute atomic E-state index is 0.00503. The van der Waals surface area contributed by atoms with Crippen LogP contribution in [0.2, 0.25) is 0 Å². The van der Waals surface area contributed by atoms with Gasteiger partial charge in [-0.1, -0.05) is 0 Å². The van der Waals surface area contributed by atoms with Crippen LogP contribution in [0.4, 0.5) is 0 Å². The van der Waals surface area contributed by atoms with Crippen molar-refractivity contribution in [2.75, 3.05) is 12.3 Å². The van der Waals surface area contributed by atoms with Gasteiger partial charge in [-0.2, -0.15) is 12.6 Å². The molecule has 0 aromatic carbocycles. The summed E-state index contributed by atoms with van der Waals surface area (Å²) < 4.78 is 0. The van der Waals surface area contributed by atoms with E-state index in [0.29, 0.717) is 0 Å². The van der Waals surface area contributed by atoms with Crippen molar-refractivity contribution in [3.05, 3.63) is 0 Å². The van der Waals surface area contributed by atoms with Crippen molar-refractivity contribution in [3.63, 3.8) is 0 Å². The van der Waals surface area contributed by atoms with Gasteiger partial charge in [-0.3, -0.25) is 24.2 Å². The van der Waals surface area contributed by atoms with E-state index in [0.717, 1.165) is 0 Å². The van der Waals surface area contributed by atoms with Gasteiger partial charge in [0.05, 0.1) is 18.6 Å². The highest BCUT2D eigenvalue weighted by Crippen LogP contribution is 2.03. The van der Waals surface area contributed by atoms with Crippen molar-refractivity contribution in [3.8, 4) is 0 Å². The summed E-state index contributed by atoms with van der Waals surface area (Å²) in [5, 5.41) is 25.6. The van der Waals surface area contributed by atoms with Gasteiger partial charge in [0.15, 0.2) is 12.0 Å². The summed E-state index contributed by atoms with van der Waals surface area (Å²) in [6.07, 6.45) is -1.64.